The quantitative estimate of drug-likeness (QED) is 0.441. The van der Waals surface area contributed by atoms with Crippen LogP contribution >= 0.6 is 11.3 Å². The van der Waals surface area contributed by atoms with Crippen LogP contribution in [0, 0.1) is 0 Å². The molecule has 0 radical (unpaired) electrons. The van der Waals surface area contributed by atoms with Crippen LogP contribution in [0.3, 0.4) is 0 Å². The van der Waals surface area contributed by atoms with Crippen LogP contribution < -0.4 is 0 Å². The van der Waals surface area contributed by atoms with Crippen LogP contribution in [0.25, 0.3) is 11.3 Å². The Morgan fingerprint density at radius 2 is 1.95 bits per heavy atom. The smallest absolute Gasteiger partial charge is 0.272 e. The molecule has 3 aromatic rings. The highest BCUT2D eigenvalue weighted by atomic mass is 32.1. The number of carbonyl (C=O) groups is 3. The van der Waals surface area contributed by atoms with E-state index >= 15 is 0 Å². The van der Waals surface area contributed by atoms with Crippen molar-refractivity contribution in [3.05, 3.63) is 64.5 Å². The van der Waals surface area contributed by atoms with E-state index in [1.54, 1.807) is 27.2 Å². The standard InChI is InChI=1S/C27H33N5O4S/c1-3-30(4-2)26(34)18-36-22-15-31(12-10-20-8-6-5-7-9-20)25(33)17-32(16-22)27(35)24-14-23(28-29-24)21-11-13-37-19-21/h5-9,11,13-14,19,22H,3-4,10,12,15-18H2,1-2H3,(H,28,29). The van der Waals surface area contributed by atoms with Crippen molar-refractivity contribution in [1.29, 1.82) is 0 Å². The van der Waals surface area contributed by atoms with E-state index in [9.17, 15) is 14.4 Å². The van der Waals surface area contributed by atoms with Crippen molar-refractivity contribution in [3.63, 3.8) is 0 Å². The van der Waals surface area contributed by atoms with E-state index < -0.39 is 6.10 Å². The Hall–Kier alpha value is -3.50. The van der Waals surface area contributed by atoms with Crippen LogP contribution in [-0.4, -0.2) is 94.6 Å². The lowest BCUT2D eigenvalue weighted by Gasteiger charge is -2.26. The minimum atomic E-state index is -0.495. The summed E-state index contributed by atoms with van der Waals surface area (Å²) in [6, 6.07) is 13.6. The summed E-state index contributed by atoms with van der Waals surface area (Å²) in [5.74, 6) is -0.581. The topological polar surface area (TPSA) is 98.8 Å². The molecule has 1 saturated heterocycles. The molecule has 3 amide bonds. The number of hydrogen-bond donors (Lipinski definition) is 1. The monoisotopic (exact) mass is 523 g/mol. The molecule has 0 aliphatic carbocycles. The van der Waals surface area contributed by atoms with E-state index in [1.165, 1.54) is 4.90 Å². The van der Waals surface area contributed by atoms with E-state index in [0.29, 0.717) is 44.0 Å². The van der Waals surface area contributed by atoms with Gasteiger partial charge in [0.2, 0.25) is 11.8 Å². The van der Waals surface area contributed by atoms with Crippen LogP contribution in [0.5, 0.6) is 0 Å². The number of thiophene rings is 1. The summed E-state index contributed by atoms with van der Waals surface area (Å²) in [5, 5.41) is 11.0. The zero-order valence-corrected chi connectivity index (χ0v) is 22.1. The summed E-state index contributed by atoms with van der Waals surface area (Å²) in [7, 11) is 0. The van der Waals surface area contributed by atoms with Gasteiger partial charge in [0.15, 0.2) is 0 Å². The molecule has 196 valence electrons. The molecule has 1 unspecified atom stereocenters. The molecule has 37 heavy (non-hydrogen) atoms. The third kappa shape index (κ3) is 6.84. The second kappa shape index (κ2) is 12.6. The lowest BCUT2D eigenvalue weighted by atomic mass is 10.1. The van der Waals surface area contributed by atoms with Crippen LogP contribution in [0.15, 0.2) is 53.2 Å². The molecule has 0 bridgehead atoms. The van der Waals surface area contributed by atoms with Crippen LogP contribution in [-0.2, 0) is 20.7 Å². The molecule has 1 aliphatic heterocycles. The molecule has 1 aromatic carbocycles. The average molecular weight is 524 g/mol. The molecule has 0 spiro atoms. The molecule has 1 aliphatic rings. The summed E-state index contributed by atoms with van der Waals surface area (Å²) in [4.78, 5) is 44.1. The van der Waals surface area contributed by atoms with Gasteiger partial charge < -0.3 is 19.4 Å². The Kier molecular flexibility index (Phi) is 9.08. The summed E-state index contributed by atoms with van der Waals surface area (Å²) in [6.45, 7) is 5.89. The van der Waals surface area contributed by atoms with Gasteiger partial charge in [0.05, 0.1) is 11.8 Å². The van der Waals surface area contributed by atoms with Crippen molar-refractivity contribution in [1.82, 2.24) is 24.9 Å². The Morgan fingerprint density at radius 3 is 2.65 bits per heavy atom. The number of hydrogen-bond acceptors (Lipinski definition) is 6. The molecule has 2 aromatic heterocycles. The van der Waals surface area contributed by atoms with Gasteiger partial charge in [-0.15, -0.1) is 0 Å². The van der Waals surface area contributed by atoms with Gasteiger partial charge in [0.1, 0.15) is 18.8 Å². The Balaban J connectivity index is 1.49. The number of nitrogens with one attached hydrogen (secondary N) is 1. The van der Waals surface area contributed by atoms with Gasteiger partial charge in [-0.05, 0) is 43.3 Å². The highest BCUT2D eigenvalue weighted by molar-refractivity contribution is 7.08. The van der Waals surface area contributed by atoms with Gasteiger partial charge in [0, 0.05) is 43.7 Å². The first kappa shape index (κ1) is 26.6. The first-order chi connectivity index (χ1) is 18.0. The van der Waals surface area contributed by atoms with E-state index in [2.05, 4.69) is 10.2 Å². The summed E-state index contributed by atoms with van der Waals surface area (Å²) in [5.41, 5.74) is 3.04. The fraction of sp³-hybridized carbons (Fsp3) is 0.407. The van der Waals surface area contributed by atoms with E-state index in [4.69, 9.17) is 4.74 Å². The second-order valence-electron chi connectivity index (χ2n) is 8.94. The van der Waals surface area contributed by atoms with Gasteiger partial charge in [-0.3, -0.25) is 19.5 Å². The Morgan fingerprint density at radius 1 is 1.16 bits per heavy atom. The first-order valence-electron chi connectivity index (χ1n) is 12.6. The Bertz CT molecular complexity index is 1180. The molecule has 1 atom stereocenters. The molecular formula is C27H33N5O4S. The number of likely N-dealkylation sites (N-methyl/N-ethyl adjacent to an activating group) is 1. The predicted octanol–water partition coefficient (Wildman–Crippen LogP) is 2.92. The molecule has 4 rings (SSSR count). The maximum Gasteiger partial charge on any atom is 0.272 e. The number of rotatable bonds is 10. The summed E-state index contributed by atoms with van der Waals surface area (Å²) < 4.78 is 6.02. The molecular weight excluding hydrogens is 490 g/mol. The second-order valence-corrected chi connectivity index (χ2v) is 9.72. The summed E-state index contributed by atoms with van der Waals surface area (Å²) >= 11 is 1.55. The van der Waals surface area contributed by atoms with Gasteiger partial charge in [0.25, 0.3) is 5.91 Å². The SMILES string of the molecule is CCN(CC)C(=O)COC1CN(CCc2ccccc2)C(=O)CN(C(=O)c2cc(-c3ccsc3)n[nH]2)C1. The van der Waals surface area contributed by atoms with Crippen molar-refractivity contribution in [2.45, 2.75) is 26.4 Å². The number of ether oxygens (including phenoxy) is 1. The third-order valence-electron chi connectivity index (χ3n) is 6.51. The zero-order valence-electron chi connectivity index (χ0n) is 21.3. The maximum atomic E-state index is 13.4. The summed E-state index contributed by atoms with van der Waals surface area (Å²) in [6.07, 6.45) is 0.195. The first-order valence-corrected chi connectivity index (χ1v) is 13.5. The highest BCUT2D eigenvalue weighted by Crippen LogP contribution is 2.21. The number of H-pyrrole nitrogens is 1. The van der Waals surface area contributed by atoms with Gasteiger partial charge >= 0.3 is 0 Å². The number of benzene rings is 1. The van der Waals surface area contributed by atoms with Crippen LogP contribution in [0.4, 0.5) is 0 Å². The number of amides is 3. The average Bonchev–Trinajstić information content (AvgIpc) is 3.59. The number of nitrogens with zero attached hydrogens (tertiary/aromatic N) is 4. The number of aromatic nitrogens is 2. The fourth-order valence-corrected chi connectivity index (χ4v) is 5.03. The van der Waals surface area contributed by atoms with Crippen LogP contribution in [0.1, 0.15) is 29.9 Å². The molecule has 0 saturated carbocycles. The van der Waals surface area contributed by atoms with Crippen LogP contribution in [0.2, 0.25) is 0 Å². The van der Waals surface area contributed by atoms with Gasteiger partial charge in [-0.25, -0.2) is 0 Å². The van der Waals surface area contributed by atoms with Crippen molar-refractivity contribution in [3.8, 4) is 11.3 Å². The molecule has 1 fully saturated rings. The van der Waals surface area contributed by atoms with Crippen molar-refractivity contribution < 1.29 is 19.1 Å². The van der Waals surface area contributed by atoms with Crippen molar-refractivity contribution in [2.75, 3.05) is 45.9 Å². The molecule has 1 N–H and O–H groups in total. The highest BCUT2D eigenvalue weighted by Gasteiger charge is 2.32. The minimum absolute atomic E-state index is 0.0652. The number of carbonyl (C=O) groups excluding carboxylic acids is 3. The number of aromatic amines is 1. The fourth-order valence-electron chi connectivity index (χ4n) is 4.38. The molecule has 10 heteroatoms. The molecule has 3 heterocycles. The third-order valence-corrected chi connectivity index (χ3v) is 7.19. The van der Waals surface area contributed by atoms with Gasteiger partial charge in [-0.1, -0.05) is 30.3 Å². The normalized spacial score (nSPS) is 16.1. The van der Waals surface area contributed by atoms with E-state index in [0.717, 1.165) is 11.1 Å². The lowest BCUT2D eigenvalue weighted by molar-refractivity contribution is -0.138. The largest absolute Gasteiger partial charge is 0.365 e. The van der Waals surface area contributed by atoms with Crippen molar-refractivity contribution in [2.24, 2.45) is 0 Å². The lowest BCUT2D eigenvalue weighted by Crippen LogP contribution is -2.41. The van der Waals surface area contributed by atoms with Gasteiger partial charge in [-0.2, -0.15) is 16.4 Å². The van der Waals surface area contributed by atoms with Crippen molar-refractivity contribution >= 4 is 29.1 Å². The Labute approximate surface area is 221 Å². The van der Waals surface area contributed by atoms with E-state index in [1.807, 2.05) is 61.0 Å². The molecule has 9 nitrogen and oxygen atoms in total. The predicted molar refractivity (Wildman–Crippen MR) is 142 cm³/mol. The van der Waals surface area contributed by atoms with E-state index in [-0.39, 0.29) is 37.4 Å². The maximum absolute atomic E-state index is 13.4. The minimum Gasteiger partial charge on any atom is -0.365 e. The zero-order chi connectivity index (χ0) is 26.2.